The highest BCUT2D eigenvalue weighted by molar-refractivity contribution is 6.76. The van der Waals surface area contributed by atoms with Crippen molar-refractivity contribution in [1.82, 2.24) is 9.55 Å². The third-order valence-electron chi connectivity index (χ3n) is 3.15. The third kappa shape index (κ3) is 3.48. The van der Waals surface area contributed by atoms with Gasteiger partial charge in [0, 0.05) is 26.3 Å². The van der Waals surface area contributed by atoms with Crippen LogP contribution >= 0.6 is 11.6 Å². The molecule has 4 nitrogen and oxygen atoms in total. The maximum Gasteiger partial charge on any atom is 0.166 e. The smallest absolute Gasteiger partial charge is 0.166 e. The first kappa shape index (κ1) is 15.2. The fraction of sp³-hybridized carbons (Fsp3) is 0.429. The van der Waals surface area contributed by atoms with Gasteiger partial charge in [-0.25, -0.2) is 4.98 Å². The molecule has 0 saturated carbocycles. The fourth-order valence-electron chi connectivity index (χ4n) is 1.95. The van der Waals surface area contributed by atoms with Gasteiger partial charge >= 0.3 is 0 Å². The Labute approximate surface area is 124 Å². The van der Waals surface area contributed by atoms with Crippen LogP contribution in [0.1, 0.15) is 10.5 Å². The first-order valence-electron chi connectivity index (χ1n) is 6.59. The number of halogens is 1. The molecule has 0 amide bonds. The van der Waals surface area contributed by atoms with E-state index in [-0.39, 0.29) is 0 Å². The highest BCUT2D eigenvalue weighted by atomic mass is 35.5. The van der Waals surface area contributed by atoms with Gasteiger partial charge in [-0.1, -0.05) is 31.2 Å². The second-order valence-corrected chi connectivity index (χ2v) is 12.0. The van der Waals surface area contributed by atoms with Gasteiger partial charge in [0.1, 0.15) is 11.9 Å². The van der Waals surface area contributed by atoms with Gasteiger partial charge in [0.05, 0.1) is 11.2 Å². The largest absolute Gasteiger partial charge is 0.361 e. The molecule has 0 N–H and O–H groups in total. The second-order valence-electron chi connectivity index (χ2n) is 6.00. The van der Waals surface area contributed by atoms with Gasteiger partial charge in [-0.05, 0) is 18.2 Å². The summed E-state index contributed by atoms with van der Waals surface area (Å²) in [6, 6.07) is 4.69. The number of carbonyl (C=O) groups is 1. The van der Waals surface area contributed by atoms with Crippen LogP contribution in [0.2, 0.25) is 30.8 Å². The Balaban J connectivity index is 2.16. The van der Waals surface area contributed by atoms with E-state index in [0.717, 1.165) is 23.2 Å². The van der Waals surface area contributed by atoms with Crippen LogP contribution in [0.25, 0.3) is 10.9 Å². The van der Waals surface area contributed by atoms with Crippen molar-refractivity contribution in [2.75, 3.05) is 6.61 Å². The number of fused-ring (bicyclic) bond motifs is 1. The molecule has 0 aromatic carbocycles. The van der Waals surface area contributed by atoms with E-state index in [4.69, 9.17) is 16.3 Å². The molecule has 2 aromatic rings. The Hall–Kier alpha value is -1.17. The SMILES string of the molecule is C[Si](C)(C)CCOCn1c(C=O)cc2c(Cl)nccc21. The summed E-state index contributed by atoms with van der Waals surface area (Å²) in [6.07, 6.45) is 2.45. The van der Waals surface area contributed by atoms with Gasteiger partial charge in [-0.3, -0.25) is 4.79 Å². The number of ether oxygens (including phenoxy) is 1. The third-order valence-corrected chi connectivity index (χ3v) is 5.16. The number of pyridine rings is 1. The molecule has 2 rings (SSSR count). The van der Waals surface area contributed by atoms with Crippen molar-refractivity contribution in [3.63, 3.8) is 0 Å². The molecule has 0 atom stereocenters. The van der Waals surface area contributed by atoms with Crippen LogP contribution in [-0.4, -0.2) is 30.5 Å². The summed E-state index contributed by atoms with van der Waals surface area (Å²) in [6.45, 7) is 8.01. The molecule has 0 radical (unpaired) electrons. The summed E-state index contributed by atoms with van der Waals surface area (Å²) in [5.41, 5.74) is 1.43. The highest BCUT2D eigenvalue weighted by Gasteiger charge is 2.14. The molecule has 0 aliphatic carbocycles. The molecule has 0 bridgehead atoms. The van der Waals surface area contributed by atoms with Gasteiger partial charge in [-0.15, -0.1) is 0 Å². The Morgan fingerprint density at radius 2 is 2.20 bits per heavy atom. The first-order chi connectivity index (χ1) is 9.42. The summed E-state index contributed by atoms with van der Waals surface area (Å²) in [4.78, 5) is 15.2. The van der Waals surface area contributed by atoms with Gasteiger partial charge in [0.25, 0.3) is 0 Å². The second kappa shape index (κ2) is 6.07. The van der Waals surface area contributed by atoms with Gasteiger partial charge < -0.3 is 9.30 Å². The number of aldehydes is 1. The van der Waals surface area contributed by atoms with Gasteiger partial charge in [-0.2, -0.15) is 0 Å². The molecular weight excluding hydrogens is 292 g/mol. The van der Waals surface area contributed by atoms with Crippen LogP contribution < -0.4 is 0 Å². The van der Waals surface area contributed by atoms with Crippen LogP contribution in [-0.2, 0) is 11.5 Å². The van der Waals surface area contributed by atoms with Crippen LogP contribution in [0.15, 0.2) is 18.3 Å². The van der Waals surface area contributed by atoms with E-state index in [0.29, 0.717) is 24.2 Å². The van der Waals surface area contributed by atoms with Crippen molar-refractivity contribution >= 4 is 36.9 Å². The lowest BCUT2D eigenvalue weighted by Crippen LogP contribution is -2.22. The maximum absolute atomic E-state index is 11.2. The number of hydrogen-bond acceptors (Lipinski definition) is 3. The minimum atomic E-state index is -1.10. The summed E-state index contributed by atoms with van der Waals surface area (Å²) in [5.74, 6) is 0. The van der Waals surface area contributed by atoms with E-state index in [9.17, 15) is 4.79 Å². The molecule has 0 aliphatic heterocycles. The van der Waals surface area contributed by atoms with Crippen molar-refractivity contribution in [2.45, 2.75) is 32.4 Å². The molecular formula is C14H19ClN2O2Si. The number of aromatic nitrogens is 2. The lowest BCUT2D eigenvalue weighted by molar-refractivity contribution is 0.0863. The quantitative estimate of drug-likeness (QED) is 0.353. The molecule has 0 aliphatic rings. The summed E-state index contributed by atoms with van der Waals surface area (Å²) < 4.78 is 7.55. The Morgan fingerprint density at radius 3 is 2.85 bits per heavy atom. The average Bonchev–Trinajstić information content (AvgIpc) is 2.73. The Kier molecular flexibility index (Phi) is 4.62. The topological polar surface area (TPSA) is 44.1 Å². The maximum atomic E-state index is 11.2. The van der Waals surface area contributed by atoms with Crippen LogP contribution in [0, 0.1) is 0 Å². The molecule has 2 heterocycles. The minimum absolute atomic E-state index is 0.363. The lowest BCUT2D eigenvalue weighted by atomic mass is 10.3. The molecule has 2 aromatic heterocycles. The van der Waals surface area contributed by atoms with E-state index in [2.05, 4.69) is 24.6 Å². The first-order valence-corrected chi connectivity index (χ1v) is 10.7. The number of nitrogens with zero attached hydrogens (tertiary/aromatic N) is 2. The van der Waals surface area contributed by atoms with E-state index in [1.165, 1.54) is 0 Å². The molecule has 108 valence electrons. The summed E-state index contributed by atoms with van der Waals surface area (Å²) >= 11 is 6.04. The van der Waals surface area contributed by atoms with Crippen LogP contribution in [0.4, 0.5) is 0 Å². The molecule has 0 unspecified atom stereocenters. The molecule has 6 heteroatoms. The number of carbonyl (C=O) groups excluding carboxylic acids is 1. The molecule has 0 saturated heterocycles. The monoisotopic (exact) mass is 310 g/mol. The average molecular weight is 311 g/mol. The highest BCUT2D eigenvalue weighted by Crippen LogP contribution is 2.24. The zero-order valence-electron chi connectivity index (χ0n) is 12.0. The van der Waals surface area contributed by atoms with Crippen molar-refractivity contribution < 1.29 is 9.53 Å². The molecule has 0 fully saturated rings. The Bertz CT molecular complexity index is 619. The zero-order valence-corrected chi connectivity index (χ0v) is 13.8. The van der Waals surface area contributed by atoms with Crippen molar-refractivity contribution in [3.05, 3.63) is 29.2 Å². The van der Waals surface area contributed by atoms with Crippen molar-refractivity contribution in [2.24, 2.45) is 0 Å². The van der Waals surface area contributed by atoms with Gasteiger partial charge in [0.15, 0.2) is 6.29 Å². The number of hydrogen-bond donors (Lipinski definition) is 0. The Morgan fingerprint density at radius 1 is 1.45 bits per heavy atom. The molecule has 0 spiro atoms. The van der Waals surface area contributed by atoms with E-state index in [1.807, 2.05) is 10.6 Å². The van der Waals surface area contributed by atoms with Crippen molar-refractivity contribution in [1.29, 1.82) is 0 Å². The fourth-order valence-corrected chi connectivity index (χ4v) is 2.91. The van der Waals surface area contributed by atoms with E-state index >= 15 is 0 Å². The lowest BCUT2D eigenvalue weighted by Gasteiger charge is -2.16. The zero-order chi connectivity index (χ0) is 14.8. The van der Waals surface area contributed by atoms with Crippen LogP contribution in [0.5, 0.6) is 0 Å². The minimum Gasteiger partial charge on any atom is -0.361 e. The van der Waals surface area contributed by atoms with E-state index < -0.39 is 8.07 Å². The van der Waals surface area contributed by atoms with Crippen LogP contribution in [0.3, 0.4) is 0 Å². The predicted octanol–water partition coefficient (Wildman–Crippen LogP) is 3.81. The summed E-state index contributed by atoms with van der Waals surface area (Å²) in [5, 5.41) is 1.19. The van der Waals surface area contributed by atoms with E-state index in [1.54, 1.807) is 12.3 Å². The predicted molar refractivity (Wildman–Crippen MR) is 84.2 cm³/mol. The number of rotatable bonds is 6. The standard InChI is InChI=1S/C14H19ClN2O2Si/c1-20(2,3)7-6-19-10-17-11(9-18)8-12-13(17)4-5-16-14(12)15/h4-5,8-9H,6-7,10H2,1-3H3. The molecule has 20 heavy (non-hydrogen) atoms. The normalized spacial score (nSPS) is 12.0. The summed E-state index contributed by atoms with van der Waals surface area (Å²) in [7, 11) is -1.10. The van der Waals surface area contributed by atoms with Gasteiger partial charge in [0.2, 0.25) is 0 Å². The van der Waals surface area contributed by atoms with Crippen molar-refractivity contribution in [3.8, 4) is 0 Å².